The molecule has 16 heteroatoms. The molecule has 4 amide bonds. The van der Waals surface area contributed by atoms with Gasteiger partial charge in [0.1, 0.15) is 29.3 Å². The number of allylic oxidation sites excluding steroid dienone is 1. The Hall–Kier alpha value is -4.47. The van der Waals surface area contributed by atoms with E-state index in [0.29, 0.717) is 36.5 Å². The van der Waals surface area contributed by atoms with Crippen molar-refractivity contribution >= 4 is 44.6 Å². The molecule has 306 valence electrons. The highest BCUT2D eigenvalue weighted by molar-refractivity contribution is 7.91. The molecule has 3 heterocycles. The molecule has 0 radical (unpaired) electrons. The first-order valence-electron chi connectivity index (χ1n) is 19.7. The van der Waals surface area contributed by atoms with Crippen LogP contribution in [0.3, 0.4) is 0 Å². The van der Waals surface area contributed by atoms with E-state index in [0.717, 1.165) is 6.42 Å². The lowest BCUT2D eigenvalue weighted by atomic mass is 9.88. The first kappa shape index (κ1) is 41.2. The smallest absolute Gasteiger partial charge is 0.408 e. The van der Waals surface area contributed by atoms with Crippen molar-refractivity contribution in [2.45, 2.75) is 140 Å². The number of hydrogen-bond donors (Lipinski definition) is 3. The van der Waals surface area contributed by atoms with Gasteiger partial charge in [-0.2, -0.15) is 0 Å². The van der Waals surface area contributed by atoms with Crippen molar-refractivity contribution in [1.29, 1.82) is 0 Å². The van der Waals surface area contributed by atoms with Crippen molar-refractivity contribution in [3.05, 3.63) is 46.8 Å². The Morgan fingerprint density at radius 2 is 1.73 bits per heavy atom. The zero-order valence-electron chi connectivity index (χ0n) is 33.6. The third-order valence-corrected chi connectivity index (χ3v) is 13.6. The van der Waals surface area contributed by atoms with E-state index in [1.807, 2.05) is 32.9 Å². The van der Waals surface area contributed by atoms with Crippen molar-refractivity contribution in [3.8, 4) is 5.88 Å². The highest BCUT2D eigenvalue weighted by atomic mass is 32.2. The molecule has 1 saturated heterocycles. The fourth-order valence-corrected chi connectivity index (χ4v) is 9.12. The summed E-state index contributed by atoms with van der Waals surface area (Å²) in [5.74, 6) is -2.57. The highest BCUT2D eigenvalue weighted by Gasteiger charge is 2.63. The number of carbonyl (C=O) groups is 4. The van der Waals surface area contributed by atoms with Crippen LogP contribution >= 0.6 is 0 Å². The van der Waals surface area contributed by atoms with Gasteiger partial charge in [0, 0.05) is 12.3 Å². The van der Waals surface area contributed by atoms with Gasteiger partial charge in [-0.15, -0.1) is 5.10 Å². The molecular formula is C40H56N6O9S. The van der Waals surface area contributed by atoms with E-state index in [9.17, 15) is 32.4 Å². The van der Waals surface area contributed by atoms with Crippen LogP contribution in [0.15, 0.2) is 41.2 Å². The summed E-state index contributed by atoms with van der Waals surface area (Å²) in [6.45, 7) is 14.3. The van der Waals surface area contributed by atoms with Crippen molar-refractivity contribution in [1.82, 2.24) is 30.0 Å². The van der Waals surface area contributed by atoms with Crippen molar-refractivity contribution in [3.63, 3.8) is 0 Å². The minimum Gasteiger partial charge on any atom is -0.471 e. The summed E-state index contributed by atoms with van der Waals surface area (Å²) in [4.78, 5) is 71.2. The maximum atomic E-state index is 14.8. The van der Waals surface area contributed by atoms with Crippen LogP contribution in [0.1, 0.15) is 106 Å². The maximum absolute atomic E-state index is 14.8. The molecule has 0 spiro atoms. The molecule has 7 atom stereocenters. The van der Waals surface area contributed by atoms with Gasteiger partial charge in [-0.3, -0.25) is 23.9 Å². The van der Waals surface area contributed by atoms with Crippen LogP contribution < -0.4 is 25.7 Å². The second kappa shape index (κ2) is 15.1. The molecule has 3 N–H and O–H groups in total. The van der Waals surface area contributed by atoms with Gasteiger partial charge in [-0.1, -0.05) is 38.1 Å². The van der Waals surface area contributed by atoms with Crippen LogP contribution in [0.2, 0.25) is 0 Å². The standard InChI is InChI=1S/C40H56N6O9S/c1-23(2)46-34(48)29-16-12-11-15-28(29)33(43-46)54-27-20-30-32(47)42-40(36(50)44-56(52,53)39(8)17-18-39)21-26(40)14-10-9-13-24(3)19-25(4)31(35(49)45(30)22-27)41-37(51)55-38(5,6)7/h10-12,14-16,23-27,30-31H,9,13,17-22H2,1-8H3,(H,41,51)(H,42,47)(H,44,50)/b14-10-/t24-,25-,26-,27-,30+,31+,40-/m1/s1. The lowest BCUT2D eigenvalue weighted by molar-refractivity contribution is -0.142. The van der Waals surface area contributed by atoms with Crippen LogP contribution in [-0.2, 0) is 29.1 Å². The van der Waals surface area contributed by atoms with Crippen LogP contribution in [0.4, 0.5) is 4.79 Å². The summed E-state index contributed by atoms with van der Waals surface area (Å²) in [6, 6.07) is 4.35. The van der Waals surface area contributed by atoms with E-state index in [-0.39, 0.29) is 48.7 Å². The number of carbonyl (C=O) groups excluding carboxylic acids is 4. The number of rotatable bonds is 7. The van der Waals surface area contributed by atoms with E-state index in [4.69, 9.17) is 9.47 Å². The Morgan fingerprint density at radius 3 is 2.38 bits per heavy atom. The number of fused-ring (bicyclic) bond motifs is 3. The van der Waals surface area contributed by atoms with Crippen molar-refractivity contribution < 1.29 is 37.1 Å². The van der Waals surface area contributed by atoms with Gasteiger partial charge >= 0.3 is 6.09 Å². The summed E-state index contributed by atoms with van der Waals surface area (Å²) in [6.07, 6.45) is 5.22. The molecule has 1 aromatic carbocycles. The molecule has 2 aliphatic heterocycles. The second-order valence-electron chi connectivity index (χ2n) is 17.8. The van der Waals surface area contributed by atoms with Gasteiger partial charge in [-0.05, 0) is 104 Å². The topological polar surface area (TPSA) is 195 Å². The number of nitrogens with one attached hydrogen (secondary N) is 3. The lowest BCUT2D eigenvalue weighted by Gasteiger charge is -2.33. The average Bonchev–Trinajstić information content (AvgIpc) is 3.99. The highest BCUT2D eigenvalue weighted by Crippen LogP contribution is 2.47. The van der Waals surface area contributed by atoms with Crippen LogP contribution in [0.5, 0.6) is 5.88 Å². The van der Waals surface area contributed by atoms with Crippen LogP contribution in [-0.4, -0.2) is 87.5 Å². The predicted octanol–water partition coefficient (Wildman–Crippen LogP) is 4.10. The van der Waals surface area contributed by atoms with Gasteiger partial charge in [-0.25, -0.2) is 17.9 Å². The number of aromatic nitrogens is 2. The number of benzene rings is 1. The van der Waals surface area contributed by atoms with E-state index < -0.39 is 73.8 Å². The van der Waals surface area contributed by atoms with Crippen LogP contribution in [0.25, 0.3) is 10.8 Å². The number of alkyl carbamates (subject to hydrolysis) is 1. The lowest BCUT2D eigenvalue weighted by Crippen LogP contribution is -2.59. The Labute approximate surface area is 328 Å². The zero-order valence-corrected chi connectivity index (χ0v) is 34.4. The normalized spacial score (nSPS) is 29.9. The Kier molecular flexibility index (Phi) is 11.1. The van der Waals surface area contributed by atoms with E-state index in [1.54, 1.807) is 52.0 Å². The number of ether oxygens (including phenoxy) is 2. The molecule has 3 fully saturated rings. The maximum Gasteiger partial charge on any atom is 0.408 e. The summed E-state index contributed by atoms with van der Waals surface area (Å²) in [7, 11) is -4.02. The third kappa shape index (κ3) is 8.44. The number of amides is 4. The quantitative estimate of drug-likeness (QED) is 0.344. The molecule has 2 aliphatic carbocycles. The number of nitrogens with zero attached hydrogens (tertiary/aromatic N) is 3. The molecule has 6 rings (SSSR count). The zero-order chi connectivity index (χ0) is 41.0. The predicted molar refractivity (Wildman–Crippen MR) is 209 cm³/mol. The Bertz CT molecular complexity index is 2090. The summed E-state index contributed by atoms with van der Waals surface area (Å²) < 4.78 is 41.0. The largest absolute Gasteiger partial charge is 0.471 e. The van der Waals surface area contributed by atoms with Gasteiger partial charge in [0.15, 0.2) is 0 Å². The molecule has 2 saturated carbocycles. The second-order valence-corrected chi connectivity index (χ2v) is 20.0. The van der Waals surface area contributed by atoms with E-state index >= 15 is 0 Å². The molecule has 0 bridgehead atoms. The van der Waals surface area contributed by atoms with Crippen molar-refractivity contribution in [2.75, 3.05) is 6.54 Å². The molecule has 4 aliphatic rings. The number of hydrogen-bond acceptors (Lipinski definition) is 10. The molecule has 0 unspecified atom stereocenters. The average molecular weight is 797 g/mol. The Morgan fingerprint density at radius 1 is 1.05 bits per heavy atom. The van der Waals surface area contributed by atoms with Crippen LogP contribution in [0, 0.1) is 17.8 Å². The fraction of sp³-hybridized carbons (Fsp3) is 0.650. The van der Waals surface area contributed by atoms with Gasteiger partial charge in [0.05, 0.1) is 28.1 Å². The van der Waals surface area contributed by atoms with Crippen molar-refractivity contribution in [2.24, 2.45) is 17.8 Å². The molecule has 1 aromatic heterocycles. The molecule has 2 aromatic rings. The fourth-order valence-electron chi connectivity index (χ4n) is 7.80. The summed E-state index contributed by atoms with van der Waals surface area (Å²) >= 11 is 0. The molecule has 15 nitrogen and oxygen atoms in total. The van der Waals surface area contributed by atoms with Gasteiger partial charge in [0.2, 0.25) is 27.7 Å². The molecule has 56 heavy (non-hydrogen) atoms. The van der Waals surface area contributed by atoms with E-state index in [2.05, 4.69) is 27.4 Å². The first-order chi connectivity index (χ1) is 26.1. The molecular weight excluding hydrogens is 741 g/mol. The summed E-state index contributed by atoms with van der Waals surface area (Å²) in [5.41, 5.74) is -2.69. The first-order valence-corrected chi connectivity index (χ1v) is 21.2. The number of sulfonamides is 1. The monoisotopic (exact) mass is 796 g/mol. The minimum absolute atomic E-state index is 0.0209. The van der Waals surface area contributed by atoms with Gasteiger partial charge in [0.25, 0.3) is 11.5 Å². The van der Waals surface area contributed by atoms with Gasteiger partial charge < -0.3 is 25.0 Å². The minimum atomic E-state index is -4.02. The van der Waals surface area contributed by atoms with E-state index in [1.165, 1.54) is 9.58 Å². The third-order valence-electron chi connectivity index (χ3n) is 11.5. The Balaban J connectivity index is 1.38. The summed E-state index contributed by atoms with van der Waals surface area (Å²) in [5, 5.41) is 11.1. The SMILES string of the molecule is CC(C)n1nc(O[C@@H]2C[C@H]3C(=O)N[C@]4(C(=O)NS(=O)(=O)C5(C)CC5)C[C@H]4/C=C\CC[C@@H](C)C[C@@H](C)[C@H](NC(=O)OC(C)(C)C)C(=O)N3C2)c2ccccc2c1=O.